The average molecular weight is 306 g/mol. The molecule has 3 heterocycles. The van der Waals surface area contributed by atoms with Crippen LogP contribution >= 0.6 is 0 Å². The molecule has 2 fully saturated rings. The number of amides is 1. The smallest absolute Gasteiger partial charge is 0.229 e. The second kappa shape index (κ2) is 6.36. The lowest BCUT2D eigenvalue weighted by Gasteiger charge is -2.40. The van der Waals surface area contributed by atoms with Crippen molar-refractivity contribution in [1.82, 2.24) is 20.4 Å². The summed E-state index contributed by atoms with van der Waals surface area (Å²) >= 11 is 0. The first-order valence-electron chi connectivity index (χ1n) is 8.36. The van der Waals surface area contributed by atoms with Crippen molar-refractivity contribution in [1.29, 1.82) is 0 Å². The van der Waals surface area contributed by atoms with Crippen LogP contribution in [-0.2, 0) is 11.2 Å². The van der Waals surface area contributed by atoms with Crippen LogP contribution < -0.4 is 5.32 Å². The van der Waals surface area contributed by atoms with Crippen molar-refractivity contribution in [3.8, 4) is 0 Å². The molecule has 22 heavy (non-hydrogen) atoms. The maximum Gasteiger partial charge on any atom is 0.229 e. The summed E-state index contributed by atoms with van der Waals surface area (Å²) < 4.78 is 5.04. The van der Waals surface area contributed by atoms with Gasteiger partial charge < -0.3 is 14.7 Å². The van der Waals surface area contributed by atoms with Gasteiger partial charge >= 0.3 is 0 Å². The van der Waals surface area contributed by atoms with Gasteiger partial charge in [-0.3, -0.25) is 4.79 Å². The molecule has 0 radical (unpaired) electrons. The van der Waals surface area contributed by atoms with E-state index < -0.39 is 0 Å². The van der Waals surface area contributed by atoms with Crippen LogP contribution in [0, 0.1) is 18.3 Å². The number of carbonyl (C=O) groups excluding carboxylic acids is 1. The average Bonchev–Trinajstić information content (AvgIpc) is 2.92. The normalized spacial score (nSPS) is 29.5. The minimum Gasteiger partial charge on any atom is -0.342 e. The molecular weight excluding hydrogens is 280 g/mol. The minimum absolute atomic E-state index is 0.233. The second-order valence-corrected chi connectivity index (χ2v) is 7.03. The Kier molecular flexibility index (Phi) is 4.47. The molecule has 1 amide bonds. The SMILES string of the molecule is Cc1nc(C[C@@H]2CCCN(C(=O)[C@@]3(C)CCCNC3)C2)no1. The van der Waals surface area contributed by atoms with Gasteiger partial charge in [-0.05, 0) is 45.1 Å². The van der Waals surface area contributed by atoms with Crippen molar-refractivity contribution in [3.05, 3.63) is 11.7 Å². The third-order valence-electron chi connectivity index (χ3n) is 4.96. The van der Waals surface area contributed by atoms with E-state index in [0.29, 0.717) is 17.7 Å². The van der Waals surface area contributed by atoms with E-state index in [4.69, 9.17) is 4.52 Å². The first-order chi connectivity index (χ1) is 10.6. The number of aryl methyl sites for hydroxylation is 1. The van der Waals surface area contributed by atoms with E-state index in [1.807, 2.05) is 6.92 Å². The number of aromatic nitrogens is 2. The molecule has 2 saturated heterocycles. The Morgan fingerprint density at radius 1 is 1.50 bits per heavy atom. The summed E-state index contributed by atoms with van der Waals surface area (Å²) in [5.74, 6) is 2.13. The van der Waals surface area contributed by atoms with E-state index in [1.54, 1.807) is 0 Å². The summed E-state index contributed by atoms with van der Waals surface area (Å²) in [6, 6.07) is 0. The maximum atomic E-state index is 12.9. The van der Waals surface area contributed by atoms with Crippen molar-refractivity contribution in [2.45, 2.75) is 46.0 Å². The van der Waals surface area contributed by atoms with Crippen molar-refractivity contribution in [2.75, 3.05) is 26.2 Å². The summed E-state index contributed by atoms with van der Waals surface area (Å²) in [6.45, 7) is 7.45. The summed E-state index contributed by atoms with van der Waals surface area (Å²) in [4.78, 5) is 19.3. The van der Waals surface area contributed by atoms with E-state index in [1.165, 1.54) is 0 Å². The van der Waals surface area contributed by atoms with E-state index in [0.717, 1.165) is 64.1 Å². The van der Waals surface area contributed by atoms with Gasteiger partial charge in [0.1, 0.15) is 0 Å². The van der Waals surface area contributed by atoms with E-state index >= 15 is 0 Å². The highest BCUT2D eigenvalue weighted by atomic mass is 16.5. The van der Waals surface area contributed by atoms with Crippen LogP contribution in [0.15, 0.2) is 4.52 Å². The first-order valence-corrected chi connectivity index (χ1v) is 8.36. The van der Waals surface area contributed by atoms with Crippen LogP contribution in [0.1, 0.15) is 44.3 Å². The maximum absolute atomic E-state index is 12.9. The number of nitrogens with zero attached hydrogens (tertiary/aromatic N) is 3. The Labute approximate surface area is 131 Å². The topological polar surface area (TPSA) is 71.3 Å². The number of hydrogen-bond donors (Lipinski definition) is 1. The van der Waals surface area contributed by atoms with Crippen molar-refractivity contribution in [3.63, 3.8) is 0 Å². The molecule has 0 aromatic carbocycles. The fourth-order valence-corrected chi connectivity index (χ4v) is 3.72. The van der Waals surface area contributed by atoms with Gasteiger partial charge in [-0.15, -0.1) is 0 Å². The van der Waals surface area contributed by atoms with Gasteiger partial charge in [0.2, 0.25) is 11.8 Å². The van der Waals surface area contributed by atoms with Crippen molar-refractivity contribution in [2.24, 2.45) is 11.3 Å². The van der Waals surface area contributed by atoms with E-state index in [9.17, 15) is 4.79 Å². The predicted molar refractivity (Wildman–Crippen MR) is 82.3 cm³/mol. The second-order valence-electron chi connectivity index (χ2n) is 7.03. The largest absolute Gasteiger partial charge is 0.342 e. The van der Waals surface area contributed by atoms with E-state index in [-0.39, 0.29) is 5.41 Å². The number of hydrogen-bond acceptors (Lipinski definition) is 5. The lowest BCUT2D eigenvalue weighted by molar-refractivity contribution is -0.144. The molecule has 0 saturated carbocycles. The van der Waals surface area contributed by atoms with Gasteiger partial charge in [0, 0.05) is 33.0 Å². The summed E-state index contributed by atoms with van der Waals surface area (Å²) in [7, 11) is 0. The predicted octanol–water partition coefficient (Wildman–Crippen LogP) is 1.55. The fraction of sp³-hybridized carbons (Fsp3) is 0.812. The Morgan fingerprint density at radius 2 is 2.36 bits per heavy atom. The van der Waals surface area contributed by atoms with Crippen LogP contribution in [0.25, 0.3) is 0 Å². The molecule has 3 rings (SSSR count). The van der Waals surface area contributed by atoms with Crippen molar-refractivity contribution >= 4 is 5.91 Å². The zero-order valence-corrected chi connectivity index (χ0v) is 13.6. The first kappa shape index (κ1) is 15.5. The molecule has 0 aliphatic carbocycles. The van der Waals surface area contributed by atoms with Crippen LogP contribution in [0.4, 0.5) is 0 Å². The Morgan fingerprint density at radius 3 is 3.05 bits per heavy atom. The number of likely N-dealkylation sites (tertiary alicyclic amines) is 1. The standard InChI is InChI=1S/C16H26N4O2/c1-12-18-14(19-22-12)9-13-5-3-8-20(10-13)15(21)16(2)6-4-7-17-11-16/h13,17H,3-11H2,1-2H3/t13-,16-/m0/s1. The fourth-order valence-electron chi connectivity index (χ4n) is 3.72. The van der Waals surface area contributed by atoms with Crippen molar-refractivity contribution < 1.29 is 9.32 Å². The molecule has 2 aliphatic heterocycles. The van der Waals surface area contributed by atoms with Crippen LogP contribution in [0.5, 0.6) is 0 Å². The highest BCUT2D eigenvalue weighted by Crippen LogP contribution is 2.30. The van der Waals surface area contributed by atoms with Gasteiger partial charge in [-0.25, -0.2) is 0 Å². The number of piperidine rings is 2. The lowest BCUT2D eigenvalue weighted by Crippen LogP contribution is -2.52. The lowest BCUT2D eigenvalue weighted by atomic mass is 9.80. The molecular formula is C16H26N4O2. The molecule has 1 N–H and O–H groups in total. The van der Waals surface area contributed by atoms with Crippen LogP contribution in [0.2, 0.25) is 0 Å². The molecule has 2 aliphatic rings. The third-order valence-corrected chi connectivity index (χ3v) is 4.96. The van der Waals surface area contributed by atoms with Crippen LogP contribution in [0.3, 0.4) is 0 Å². The van der Waals surface area contributed by atoms with Gasteiger partial charge in [-0.2, -0.15) is 4.98 Å². The molecule has 6 heteroatoms. The third kappa shape index (κ3) is 3.32. The zero-order chi connectivity index (χ0) is 15.6. The highest BCUT2D eigenvalue weighted by molar-refractivity contribution is 5.82. The quantitative estimate of drug-likeness (QED) is 0.917. The number of carbonyl (C=O) groups is 1. The molecule has 0 bridgehead atoms. The number of rotatable bonds is 3. The molecule has 1 aromatic heterocycles. The minimum atomic E-state index is -0.233. The highest BCUT2D eigenvalue weighted by Gasteiger charge is 2.39. The summed E-state index contributed by atoms with van der Waals surface area (Å²) in [5, 5.41) is 7.35. The van der Waals surface area contributed by atoms with Crippen LogP contribution in [-0.4, -0.2) is 47.1 Å². The van der Waals surface area contributed by atoms with Gasteiger partial charge in [-0.1, -0.05) is 5.16 Å². The van der Waals surface area contributed by atoms with Gasteiger partial charge in [0.15, 0.2) is 5.82 Å². The molecule has 6 nitrogen and oxygen atoms in total. The van der Waals surface area contributed by atoms with Gasteiger partial charge in [0.05, 0.1) is 5.41 Å². The summed E-state index contributed by atoms with van der Waals surface area (Å²) in [5.41, 5.74) is -0.233. The molecule has 0 spiro atoms. The molecule has 0 unspecified atom stereocenters. The van der Waals surface area contributed by atoms with E-state index in [2.05, 4.69) is 27.3 Å². The Balaban J connectivity index is 1.61. The molecule has 1 aromatic rings. The van der Waals surface area contributed by atoms with Gasteiger partial charge in [0.25, 0.3) is 0 Å². The molecule has 2 atom stereocenters. The summed E-state index contributed by atoms with van der Waals surface area (Å²) in [6.07, 6.45) is 5.07. The number of nitrogens with one attached hydrogen (secondary N) is 1. The Hall–Kier alpha value is -1.43. The Bertz CT molecular complexity index is 522. The molecule has 122 valence electrons. The zero-order valence-electron chi connectivity index (χ0n) is 13.6. The monoisotopic (exact) mass is 306 g/mol.